The molecule has 3 fully saturated rings. The molecule has 0 unspecified atom stereocenters. The van der Waals surface area contributed by atoms with Gasteiger partial charge in [-0.05, 0) is 110 Å². The molecule has 5 aliphatic carbocycles. The first kappa shape index (κ1) is 22.7. The molecule has 5 aliphatic rings. The Morgan fingerprint density at radius 1 is 0.967 bits per heavy atom. The fourth-order valence-electron chi connectivity index (χ4n) is 8.71. The average molecular weight is 411 g/mol. The highest BCUT2D eigenvalue weighted by Crippen LogP contribution is 2.75. The fraction of sp³-hybridized carbons (Fsp3) is 0.867. The van der Waals surface area contributed by atoms with Crippen molar-refractivity contribution in [1.29, 1.82) is 0 Å². The van der Waals surface area contributed by atoms with Crippen LogP contribution >= 0.6 is 0 Å². The molecule has 0 aromatic rings. The zero-order valence-corrected chi connectivity index (χ0v) is 21.4. The molecule has 0 heterocycles. The van der Waals surface area contributed by atoms with Gasteiger partial charge in [-0.25, -0.2) is 0 Å². The van der Waals surface area contributed by atoms with Gasteiger partial charge in [0.1, 0.15) is 0 Å². The van der Waals surface area contributed by atoms with Gasteiger partial charge >= 0.3 is 0 Å². The molecule has 0 nitrogen and oxygen atoms in total. The summed E-state index contributed by atoms with van der Waals surface area (Å²) in [6, 6.07) is 0. The number of allylic oxidation sites excluding steroid dienone is 4. The zero-order valence-electron chi connectivity index (χ0n) is 21.4. The molecule has 0 N–H and O–H groups in total. The minimum absolute atomic E-state index is 0.560. The van der Waals surface area contributed by atoms with E-state index >= 15 is 0 Å². The highest BCUT2D eigenvalue weighted by atomic mass is 14.7. The monoisotopic (exact) mass is 410 g/mol. The number of rotatable bonds is 1. The second-order valence-electron chi connectivity index (χ2n) is 13.2. The molecular formula is C30H50. The van der Waals surface area contributed by atoms with Crippen LogP contribution in [-0.4, -0.2) is 0 Å². The molecule has 0 saturated heterocycles. The van der Waals surface area contributed by atoms with Gasteiger partial charge in [0.25, 0.3) is 0 Å². The summed E-state index contributed by atoms with van der Waals surface area (Å²) in [6.07, 6.45) is 16.5. The Bertz CT molecular complexity index is 691. The van der Waals surface area contributed by atoms with Crippen LogP contribution in [0.1, 0.15) is 107 Å². The van der Waals surface area contributed by atoms with E-state index in [1.54, 1.807) is 5.57 Å². The van der Waals surface area contributed by atoms with E-state index < -0.39 is 0 Å². The summed E-state index contributed by atoms with van der Waals surface area (Å²) < 4.78 is 0. The second-order valence-corrected chi connectivity index (χ2v) is 13.2. The summed E-state index contributed by atoms with van der Waals surface area (Å²) in [5.41, 5.74) is 4.70. The Labute approximate surface area is 188 Å². The molecule has 5 rings (SSSR count). The molecule has 0 spiro atoms. The van der Waals surface area contributed by atoms with Crippen molar-refractivity contribution in [2.75, 3.05) is 0 Å². The van der Waals surface area contributed by atoms with E-state index in [9.17, 15) is 0 Å². The fourth-order valence-corrected chi connectivity index (χ4v) is 8.71. The van der Waals surface area contributed by atoms with E-state index in [1.807, 2.05) is 5.57 Å². The van der Waals surface area contributed by atoms with Crippen molar-refractivity contribution in [2.45, 2.75) is 107 Å². The second kappa shape index (κ2) is 8.12. The van der Waals surface area contributed by atoms with Crippen molar-refractivity contribution in [3.63, 3.8) is 0 Å². The Morgan fingerprint density at radius 3 is 2.40 bits per heavy atom. The standard InChI is InChI=1S/C15H24.C15H26/c1-10-6-5-7-11-8-9-12-13(14(12,2)3)15(10,11)4;1-10(2)13-7-5-11(3)14-8-6-12(4)15(14)9-13/h7,10,12-13H,5-6,8-9H2,1-4H3;6,10-11,13-15H,5,7-9H2,1-4H3/t10-,12-,13+,15+;11-,13+,14-,15-/m10/s1. The topological polar surface area (TPSA) is 0 Å². The van der Waals surface area contributed by atoms with Crippen LogP contribution in [0.25, 0.3) is 0 Å². The van der Waals surface area contributed by atoms with E-state index in [0.717, 1.165) is 47.3 Å². The maximum Gasteiger partial charge on any atom is -0.00544 e. The Kier molecular flexibility index (Phi) is 6.13. The summed E-state index contributed by atoms with van der Waals surface area (Å²) in [5.74, 6) is 7.64. The quantitative estimate of drug-likeness (QED) is 0.378. The van der Waals surface area contributed by atoms with Gasteiger partial charge in [-0.2, -0.15) is 0 Å². The smallest absolute Gasteiger partial charge is 0.00544 e. The molecule has 0 aromatic carbocycles. The largest absolute Gasteiger partial charge is 0.0850 e. The first-order chi connectivity index (χ1) is 14.1. The van der Waals surface area contributed by atoms with Crippen LogP contribution in [0.5, 0.6) is 0 Å². The molecule has 30 heavy (non-hydrogen) atoms. The first-order valence-corrected chi connectivity index (χ1v) is 13.4. The summed E-state index contributed by atoms with van der Waals surface area (Å²) in [6.45, 7) is 19.7. The Hall–Kier alpha value is -0.520. The zero-order chi connectivity index (χ0) is 21.8. The van der Waals surface area contributed by atoms with Gasteiger partial charge in [-0.1, -0.05) is 78.2 Å². The third-order valence-corrected chi connectivity index (χ3v) is 11.2. The summed E-state index contributed by atoms with van der Waals surface area (Å²) in [7, 11) is 0. The van der Waals surface area contributed by atoms with Gasteiger partial charge < -0.3 is 0 Å². The van der Waals surface area contributed by atoms with E-state index in [2.05, 4.69) is 67.5 Å². The minimum atomic E-state index is 0.560. The summed E-state index contributed by atoms with van der Waals surface area (Å²) >= 11 is 0. The minimum Gasteiger partial charge on any atom is -0.0850 e. The third-order valence-electron chi connectivity index (χ3n) is 11.2. The van der Waals surface area contributed by atoms with Gasteiger partial charge in [0.2, 0.25) is 0 Å². The predicted octanol–water partition coefficient (Wildman–Crippen LogP) is 9.08. The highest BCUT2D eigenvalue weighted by molar-refractivity contribution is 5.31. The molecule has 8 atom stereocenters. The maximum absolute atomic E-state index is 2.57. The maximum atomic E-state index is 2.57. The van der Waals surface area contributed by atoms with Crippen LogP contribution in [0, 0.1) is 58.2 Å². The SMILES string of the molecule is CC1=CC[C@H]2[C@@H](C)CC[C@@H](C(C)C)C[C@@H]12.C[C@@H]1CCC=C2CC[C@@H]3[C@@H](C3(C)C)[C@]21C. The van der Waals surface area contributed by atoms with Crippen molar-refractivity contribution in [2.24, 2.45) is 58.2 Å². The van der Waals surface area contributed by atoms with Crippen LogP contribution < -0.4 is 0 Å². The lowest BCUT2D eigenvalue weighted by Crippen LogP contribution is -2.36. The van der Waals surface area contributed by atoms with E-state index in [0.29, 0.717) is 10.8 Å². The first-order valence-electron chi connectivity index (χ1n) is 13.4. The third kappa shape index (κ3) is 3.67. The molecule has 0 radical (unpaired) electrons. The van der Waals surface area contributed by atoms with Crippen LogP contribution in [0.15, 0.2) is 23.3 Å². The van der Waals surface area contributed by atoms with Gasteiger partial charge in [-0.3, -0.25) is 0 Å². The Balaban J connectivity index is 0.000000145. The number of fused-ring (bicyclic) bond motifs is 4. The van der Waals surface area contributed by atoms with Gasteiger partial charge in [-0.15, -0.1) is 0 Å². The van der Waals surface area contributed by atoms with Crippen LogP contribution in [0.4, 0.5) is 0 Å². The lowest BCUT2D eigenvalue weighted by Gasteiger charge is -2.45. The van der Waals surface area contributed by atoms with Crippen molar-refractivity contribution >= 4 is 0 Å². The number of hydrogen-bond acceptors (Lipinski definition) is 0. The van der Waals surface area contributed by atoms with Crippen LogP contribution in [-0.2, 0) is 0 Å². The van der Waals surface area contributed by atoms with Crippen molar-refractivity contribution in [3.05, 3.63) is 23.3 Å². The molecule has 0 aromatic heterocycles. The highest BCUT2D eigenvalue weighted by Gasteiger charge is 2.68. The van der Waals surface area contributed by atoms with E-state index in [-0.39, 0.29) is 0 Å². The molecular weight excluding hydrogens is 360 g/mol. The van der Waals surface area contributed by atoms with Gasteiger partial charge in [0, 0.05) is 0 Å². The molecule has 0 aliphatic heterocycles. The molecule has 0 heteroatoms. The lowest BCUT2D eigenvalue weighted by atomic mass is 9.60. The molecule has 0 amide bonds. The average Bonchev–Trinajstić information content (AvgIpc) is 3.15. The predicted molar refractivity (Wildman–Crippen MR) is 131 cm³/mol. The summed E-state index contributed by atoms with van der Waals surface area (Å²) in [5, 5.41) is 0. The summed E-state index contributed by atoms with van der Waals surface area (Å²) in [4.78, 5) is 0. The normalized spacial score (nSPS) is 46.4. The van der Waals surface area contributed by atoms with Crippen LogP contribution in [0.2, 0.25) is 0 Å². The van der Waals surface area contributed by atoms with Crippen molar-refractivity contribution in [3.8, 4) is 0 Å². The number of hydrogen-bond donors (Lipinski definition) is 0. The van der Waals surface area contributed by atoms with E-state index in [1.165, 1.54) is 51.4 Å². The van der Waals surface area contributed by atoms with Crippen LogP contribution in [0.3, 0.4) is 0 Å². The van der Waals surface area contributed by atoms with E-state index in [4.69, 9.17) is 0 Å². The van der Waals surface area contributed by atoms with Gasteiger partial charge in [0.05, 0.1) is 0 Å². The van der Waals surface area contributed by atoms with Crippen molar-refractivity contribution in [1.82, 2.24) is 0 Å². The molecule has 3 saturated carbocycles. The van der Waals surface area contributed by atoms with Crippen molar-refractivity contribution < 1.29 is 0 Å². The van der Waals surface area contributed by atoms with Gasteiger partial charge in [0.15, 0.2) is 0 Å². The molecule has 0 bridgehead atoms. The lowest BCUT2D eigenvalue weighted by molar-refractivity contribution is 0.147. The Morgan fingerprint density at radius 2 is 1.70 bits per heavy atom. The molecule has 170 valence electrons.